The molecule has 3 aromatic carbocycles. The molecule has 1 aromatic heterocycles. The molecule has 1 N–H and O–H groups in total. The highest BCUT2D eigenvalue weighted by Gasteiger charge is 2.11. The van der Waals surface area contributed by atoms with Gasteiger partial charge in [0, 0.05) is 16.5 Å². The molecule has 0 spiro atoms. The first kappa shape index (κ1) is 18.1. The number of aryl methyl sites for hydroxylation is 2. The number of benzene rings is 3. The fourth-order valence-corrected chi connectivity index (χ4v) is 3.69. The fourth-order valence-electron chi connectivity index (χ4n) is 2.98. The van der Waals surface area contributed by atoms with Crippen molar-refractivity contribution in [2.24, 2.45) is 0 Å². The van der Waals surface area contributed by atoms with Crippen molar-refractivity contribution in [3.8, 4) is 22.4 Å². The Morgan fingerprint density at radius 3 is 2.21 bits per heavy atom. The van der Waals surface area contributed by atoms with Crippen LogP contribution in [0.15, 0.2) is 78.2 Å². The van der Waals surface area contributed by atoms with Gasteiger partial charge < -0.3 is 0 Å². The predicted octanol–water partition coefficient (Wildman–Crippen LogP) is 6.35. The Morgan fingerprint density at radius 1 is 0.821 bits per heavy atom. The van der Waals surface area contributed by atoms with E-state index < -0.39 is 0 Å². The van der Waals surface area contributed by atoms with Crippen LogP contribution in [0.1, 0.15) is 21.5 Å². The van der Waals surface area contributed by atoms with Crippen molar-refractivity contribution >= 4 is 22.4 Å². The smallest absolute Gasteiger partial charge is 0.257 e. The van der Waals surface area contributed by atoms with Crippen LogP contribution in [-0.4, -0.2) is 10.9 Å². The Labute approximate surface area is 168 Å². The average molecular weight is 385 g/mol. The van der Waals surface area contributed by atoms with Gasteiger partial charge in [-0.2, -0.15) is 0 Å². The average Bonchev–Trinajstić information content (AvgIpc) is 3.19. The Bertz CT molecular complexity index is 1120. The molecule has 1 amide bonds. The summed E-state index contributed by atoms with van der Waals surface area (Å²) < 4.78 is 0. The molecular formula is C24H20N2OS. The van der Waals surface area contributed by atoms with Gasteiger partial charge in [-0.1, -0.05) is 54.6 Å². The van der Waals surface area contributed by atoms with Crippen molar-refractivity contribution in [1.29, 1.82) is 0 Å². The number of rotatable bonds is 4. The topological polar surface area (TPSA) is 42.0 Å². The molecule has 0 aliphatic heterocycles. The zero-order valence-corrected chi connectivity index (χ0v) is 16.6. The van der Waals surface area contributed by atoms with Crippen molar-refractivity contribution in [1.82, 2.24) is 4.98 Å². The van der Waals surface area contributed by atoms with Crippen molar-refractivity contribution in [3.05, 3.63) is 94.9 Å². The zero-order valence-electron chi connectivity index (χ0n) is 15.8. The number of carbonyl (C=O) groups excluding carboxylic acids is 1. The summed E-state index contributed by atoms with van der Waals surface area (Å²) in [6.45, 7) is 4.18. The maximum absolute atomic E-state index is 12.6. The highest BCUT2D eigenvalue weighted by atomic mass is 32.1. The minimum Gasteiger partial charge on any atom is -0.298 e. The van der Waals surface area contributed by atoms with Gasteiger partial charge in [0.25, 0.3) is 5.91 Å². The molecule has 28 heavy (non-hydrogen) atoms. The predicted molar refractivity (Wildman–Crippen MR) is 117 cm³/mol. The van der Waals surface area contributed by atoms with Crippen LogP contribution in [0, 0.1) is 13.8 Å². The molecular weight excluding hydrogens is 364 g/mol. The normalized spacial score (nSPS) is 10.6. The van der Waals surface area contributed by atoms with E-state index in [0.717, 1.165) is 22.4 Å². The van der Waals surface area contributed by atoms with Crippen LogP contribution in [0.25, 0.3) is 22.4 Å². The molecule has 0 radical (unpaired) electrons. The van der Waals surface area contributed by atoms with Gasteiger partial charge in [-0.15, -0.1) is 11.3 Å². The third-order valence-corrected chi connectivity index (χ3v) is 5.54. The number of anilines is 1. The lowest BCUT2D eigenvalue weighted by molar-refractivity contribution is 0.102. The van der Waals surface area contributed by atoms with Crippen LogP contribution in [-0.2, 0) is 0 Å². The number of carbonyl (C=O) groups is 1. The monoisotopic (exact) mass is 384 g/mol. The minimum absolute atomic E-state index is 0.152. The number of aromatic nitrogens is 1. The lowest BCUT2D eigenvalue weighted by Crippen LogP contribution is -2.11. The van der Waals surface area contributed by atoms with Crippen molar-refractivity contribution < 1.29 is 4.79 Å². The van der Waals surface area contributed by atoms with E-state index in [1.165, 1.54) is 22.5 Å². The van der Waals surface area contributed by atoms with Crippen molar-refractivity contribution in [2.75, 3.05) is 5.32 Å². The molecule has 0 bridgehead atoms. The van der Waals surface area contributed by atoms with Gasteiger partial charge in [0.05, 0.1) is 5.69 Å². The first-order valence-corrected chi connectivity index (χ1v) is 9.98. The molecule has 4 rings (SSSR count). The molecule has 0 fully saturated rings. The SMILES string of the molecule is Cc1ccc(-c2csc(NC(=O)c3ccc(-c4ccccc4)cc3)n2)cc1C. The highest BCUT2D eigenvalue weighted by Crippen LogP contribution is 2.27. The Balaban J connectivity index is 1.48. The summed E-state index contributed by atoms with van der Waals surface area (Å²) in [6.07, 6.45) is 0. The summed E-state index contributed by atoms with van der Waals surface area (Å²) in [4.78, 5) is 17.1. The van der Waals surface area contributed by atoms with Crippen LogP contribution in [0.2, 0.25) is 0 Å². The van der Waals surface area contributed by atoms with E-state index in [1.807, 2.05) is 47.8 Å². The third-order valence-electron chi connectivity index (χ3n) is 4.78. The highest BCUT2D eigenvalue weighted by molar-refractivity contribution is 7.14. The number of nitrogens with zero attached hydrogens (tertiary/aromatic N) is 1. The molecule has 4 heteroatoms. The van der Waals surface area contributed by atoms with E-state index in [0.29, 0.717) is 10.7 Å². The molecule has 4 aromatic rings. The van der Waals surface area contributed by atoms with Gasteiger partial charge in [0.15, 0.2) is 5.13 Å². The maximum Gasteiger partial charge on any atom is 0.257 e. The van der Waals surface area contributed by atoms with E-state index >= 15 is 0 Å². The number of hydrogen-bond acceptors (Lipinski definition) is 3. The van der Waals surface area contributed by atoms with Gasteiger partial charge >= 0.3 is 0 Å². The van der Waals surface area contributed by atoms with Gasteiger partial charge in [-0.25, -0.2) is 4.98 Å². The number of thiazole rings is 1. The molecule has 1 heterocycles. The quantitative estimate of drug-likeness (QED) is 0.446. The summed E-state index contributed by atoms with van der Waals surface area (Å²) in [5.74, 6) is -0.152. The van der Waals surface area contributed by atoms with Crippen LogP contribution in [0.5, 0.6) is 0 Å². The number of nitrogens with one attached hydrogen (secondary N) is 1. The number of amides is 1. The molecule has 0 atom stereocenters. The van der Waals surface area contributed by atoms with Crippen molar-refractivity contribution in [2.45, 2.75) is 13.8 Å². The summed E-state index contributed by atoms with van der Waals surface area (Å²) in [5, 5.41) is 5.47. The lowest BCUT2D eigenvalue weighted by Gasteiger charge is -2.05. The lowest BCUT2D eigenvalue weighted by atomic mass is 10.0. The molecule has 0 aliphatic rings. The number of hydrogen-bond donors (Lipinski definition) is 1. The largest absolute Gasteiger partial charge is 0.298 e. The van der Waals surface area contributed by atoms with Crippen LogP contribution in [0.3, 0.4) is 0 Å². The first-order valence-electron chi connectivity index (χ1n) is 9.10. The summed E-state index contributed by atoms with van der Waals surface area (Å²) in [7, 11) is 0. The van der Waals surface area contributed by atoms with Crippen molar-refractivity contribution in [3.63, 3.8) is 0 Å². The standard InChI is InChI=1S/C24H20N2OS/c1-16-8-9-21(14-17(16)2)22-15-28-24(25-22)26-23(27)20-12-10-19(11-13-20)18-6-4-3-5-7-18/h3-15H,1-2H3,(H,25,26,27). The van der Waals surface area contributed by atoms with Gasteiger partial charge in [-0.3, -0.25) is 10.1 Å². The van der Waals surface area contributed by atoms with E-state index in [4.69, 9.17) is 0 Å². The van der Waals surface area contributed by atoms with Gasteiger partial charge in [0.1, 0.15) is 0 Å². The van der Waals surface area contributed by atoms with Crippen LogP contribution < -0.4 is 5.32 Å². The third kappa shape index (κ3) is 3.87. The zero-order chi connectivity index (χ0) is 19.5. The molecule has 3 nitrogen and oxygen atoms in total. The minimum atomic E-state index is -0.152. The molecule has 138 valence electrons. The summed E-state index contributed by atoms with van der Waals surface area (Å²) >= 11 is 1.43. The molecule has 0 saturated heterocycles. The fraction of sp³-hybridized carbons (Fsp3) is 0.0833. The van der Waals surface area contributed by atoms with Gasteiger partial charge in [0.2, 0.25) is 0 Å². The van der Waals surface area contributed by atoms with E-state index in [2.05, 4.69) is 54.5 Å². The van der Waals surface area contributed by atoms with Crippen LogP contribution in [0.4, 0.5) is 5.13 Å². The second kappa shape index (κ2) is 7.79. The first-order chi connectivity index (χ1) is 13.6. The van der Waals surface area contributed by atoms with E-state index in [-0.39, 0.29) is 5.91 Å². The Morgan fingerprint density at radius 2 is 1.50 bits per heavy atom. The Hall–Kier alpha value is -3.24. The van der Waals surface area contributed by atoms with E-state index in [1.54, 1.807) is 0 Å². The van der Waals surface area contributed by atoms with E-state index in [9.17, 15) is 4.79 Å². The van der Waals surface area contributed by atoms with Gasteiger partial charge in [-0.05, 0) is 54.3 Å². The van der Waals surface area contributed by atoms with Crippen LogP contribution >= 0.6 is 11.3 Å². The molecule has 0 saturated carbocycles. The maximum atomic E-state index is 12.6. The second-order valence-corrected chi connectivity index (χ2v) is 7.59. The summed E-state index contributed by atoms with van der Waals surface area (Å²) in [5.41, 5.74) is 7.26. The Kier molecular flexibility index (Phi) is 5.04. The molecule has 0 unspecified atom stereocenters. The second-order valence-electron chi connectivity index (χ2n) is 6.73. The molecule has 0 aliphatic carbocycles. The summed E-state index contributed by atoms with van der Waals surface area (Å²) in [6, 6.07) is 24.0.